The van der Waals surface area contributed by atoms with Crippen LogP contribution < -0.4 is 5.73 Å². The molecule has 0 aliphatic rings. The summed E-state index contributed by atoms with van der Waals surface area (Å²) < 4.78 is 12.2. The van der Waals surface area contributed by atoms with Crippen molar-refractivity contribution in [3.05, 3.63) is 34.9 Å². The summed E-state index contributed by atoms with van der Waals surface area (Å²) in [6.07, 6.45) is 0. The Hall–Kier alpha value is -0.890. The molecule has 0 aromatic heterocycles. The van der Waals surface area contributed by atoms with Crippen LogP contribution in [0.25, 0.3) is 0 Å². The summed E-state index contributed by atoms with van der Waals surface area (Å²) >= 11 is 0. The van der Waals surface area contributed by atoms with Crippen LogP contribution >= 0.6 is 0 Å². The molecular weight excluding hydrogens is 153 g/mol. The fourth-order valence-electron chi connectivity index (χ4n) is 1.31. The Morgan fingerprint density at radius 3 is 2.17 bits per heavy atom. The molecule has 0 amide bonds. The maximum Gasteiger partial charge on any atom is 0.109 e. The van der Waals surface area contributed by atoms with Crippen LogP contribution in [-0.4, -0.2) is 6.67 Å². The van der Waals surface area contributed by atoms with Gasteiger partial charge >= 0.3 is 0 Å². The third-order valence-corrected chi connectivity index (χ3v) is 1.84. The van der Waals surface area contributed by atoms with Gasteiger partial charge in [-0.3, -0.25) is 0 Å². The van der Waals surface area contributed by atoms with Gasteiger partial charge in [0, 0.05) is 0 Å². The lowest BCUT2D eigenvalue weighted by Gasteiger charge is -2.09. The van der Waals surface area contributed by atoms with E-state index in [0.717, 1.165) is 16.7 Å². The van der Waals surface area contributed by atoms with Crippen LogP contribution in [0.5, 0.6) is 0 Å². The molecule has 0 heterocycles. The van der Waals surface area contributed by atoms with Crippen molar-refractivity contribution in [3.63, 3.8) is 0 Å². The van der Waals surface area contributed by atoms with Gasteiger partial charge in [-0.2, -0.15) is 0 Å². The van der Waals surface area contributed by atoms with Crippen molar-refractivity contribution in [1.82, 2.24) is 0 Å². The molecule has 0 aliphatic carbocycles. The summed E-state index contributed by atoms with van der Waals surface area (Å²) in [4.78, 5) is 0. The molecule has 0 saturated heterocycles. The van der Waals surface area contributed by atoms with Crippen molar-refractivity contribution < 1.29 is 4.39 Å². The number of aryl methyl sites for hydroxylation is 2. The van der Waals surface area contributed by atoms with Crippen LogP contribution in [0.2, 0.25) is 0 Å². The molecule has 0 unspecified atom stereocenters. The molecule has 2 heteroatoms. The van der Waals surface area contributed by atoms with E-state index in [1.807, 2.05) is 26.0 Å². The number of halogens is 1. The SMILES string of the molecule is Cc1cc(C)cc([C@@H](N)CF)c1. The lowest BCUT2D eigenvalue weighted by atomic mass is 10.0. The number of hydrogen-bond donors (Lipinski definition) is 1. The zero-order valence-corrected chi connectivity index (χ0v) is 7.47. The fraction of sp³-hybridized carbons (Fsp3) is 0.400. The quantitative estimate of drug-likeness (QED) is 0.718. The summed E-state index contributed by atoms with van der Waals surface area (Å²) in [7, 11) is 0. The van der Waals surface area contributed by atoms with E-state index in [-0.39, 0.29) is 0 Å². The highest BCUT2D eigenvalue weighted by molar-refractivity contribution is 5.30. The fourth-order valence-corrected chi connectivity index (χ4v) is 1.31. The zero-order chi connectivity index (χ0) is 9.14. The Balaban J connectivity index is 3.00. The van der Waals surface area contributed by atoms with Gasteiger partial charge in [0.1, 0.15) is 6.67 Å². The first-order chi connectivity index (χ1) is 5.63. The molecule has 0 fully saturated rings. The van der Waals surface area contributed by atoms with Crippen molar-refractivity contribution in [1.29, 1.82) is 0 Å². The second-order valence-electron chi connectivity index (χ2n) is 3.18. The molecule has 0 aliphatic heterocycles. The Labute approximate surface area is 72.4 Å². The highest BCUT2D eigenvalue weighted by Gasteiger charge is 2.05. The van der Waals surface area contributed by atoms with Gasteiger partial charge < -0.3 is 5.73 Å². The Bertz CT molecular complexity index is 250. The topological polar surface area (TPSA) is 26.0 Å². The number of nitrogens with two attached hydrogens (primary N) is 1. The summed E-state index contributed by atoms with van der Waals surface area (Å²) in [5.74, 6) is 0. The summed E-state index contributed by atoms with van der Waals surface area (Å²) in [5, 5.41) is 0. The Kier molecular flexibility index (Phi) is 2.82. The third-order valence-electron chi connectivity index (χ3n) is 1.84. The molecule has 66 valence electrons. The van der Waals surface area contributed by atoms with E-state index < -0.39 is 12.7 Å². The van der Waals surface area contributed by atoms with Crippen LogP contribution in [0.15, 0.2) is 18.2 Å². The molecule has 0 radical (unpaired) electrons. The summed E-state index contributed by atoms with van der Waals surface area (Å²) in [6.45, 7) is 3.48. The van der Waals surface area contributed by atoms with Gasteiger partial charge in [-0.1, -0.05) is 29.3 Å². The third kappa shape index (κ3) is 2.05. The van der Waals surface area contributed by atoms with Gasteiger partial charge in [0.25, 0.3) is 0 Å². The minimum Gasteiger partial charge on any atom is -0.322 e. The van der Waals surface area contributed by atoms with Crippen LogP contribution in [0.4, 0.5) is 4.39 Å². The van der Waals surface area contributed by atoms with E-state index in [9.17, 15) is 4.39 Å². The van der Waals surface area contributed by atoms with Crippen LogP contribution in [0.3, 0.4) is 0 Å². The van der Waals surface area contributed by atoms with E-state index in [1.165, 1.54) is 0 Å². The second kappa shape index (κ2) is 3.68. The standard InChI is InChI=1S/C10H14FN/c1-7-3-8(2)5-9(4-7)10(12)6-11/h3-5,10H,6,12H2,1-2H3/t10-/m0/s1. The number of alkyl halides is 1. The number of benzene rings is 1. The van der Waals surface area contributed by atoms with E-state index in [4.69, 9.17) is 5.73 Å². The van der Waals surface area contributed by atoms with E-state index in [2.05, 4.69) is 6.07 Å². The highest BCUT2D eigenvalue weighted by Crippen LogP contribution is 2.15. The number of hydrogen-bond acceptors (Lipinski definition) is 1. The Morgan fingerprint density at radius 2 is 1.75 bits per heavy atom. The second-order valence-corrected chi connectivity index (χ2v) is 3.18. The first kappa shape index (κ1) is 9.20. The molecule has 12 heavy (non-hydrogen) atoms. The molecule has 1 nitrogen and oxygen atoms in total. The monoisotopic (exact) mass is 167 g/mol. The van der Waals surface area contributed by atoms with Gasteiger partial charge in [0.05, 0.1) is 6.04 Å². The van der Waals surface area contributed by atoms with Crippen molar-refractivity contribution in [3.8, 4) is 0 Å². The molecule has 1 rings (SSSR count). The molecular formula is C10H14FN. The largest absolute Gasteiger partial charge is 0.322 e. The van der Waals surface area contributed by atoms with E-state index in [0.29, 0.717) is 0 Å². The zero-order valence-electron chi connectivity index (χ0n) is 7.47. The van der Waals surface area contributed by atoms with Gasteiger partial charge in [-0.15, -0.1) is 0 Å². The van der Waals surface area contributed by atoms with Crippen molar-refractivity contribution in [2.75, 3.05) is 6.67 Å². The predicted molar refractivity (Wildman–Crippen MR) is 48.8 cm³/mol. The summed E-state index contributed by atoms with van der Waals surface area (Å²) in [6, 6.07) is 5.44. The molecule has 1 atom stereocenters. The molecule has 1 aromatic carbocycles. The average molecular weight is 167 g/mol. The lowest BCUT2D eigenvalue weighted by Crippen LogP contribution is -2.12. The molecule has 0 bridgehead atoms. The minimum absolute atomic E-state index is 0.469. The van der Waals surface area contributed by atoms with Crippen molar-refractivity contribution in [2.24, 2.45) is 5.73 Å². The minimum atomic E-state index is -0.497. The van der Waals surface area contributed by atoms with Crippen LogP contribution in [-0.2, 0) is 0 Å². The average Bonchev–Trinajstić information content (AvgIpc) is 2.01. The molecule has 0 saturated carbocycles. The van der Waals surface area contributed by atoms with Crippen LogP contribution in [0.1, 0.15) is 22.7 Å². The van der Waals surface area contributed by atoms with E-state index in [1.54, 1.807) is 0 Å². The maximum atomic E-state index is 12.2. The first-order valence-corrected chi connectivity index (χ1v) is 4.03. The van der Waals surface area contributed by atoms with Crippen molar-refractivity contribution in [2.45, 2.75) is 19.9 Å². The van der Waals surface area contributed by atoms with Gasteiger partial charge in [-0.05, 0) is 19.4 Å². The highest BCUT2D eigenvalue weighted by atomic mass is 19.1. The van der Waals surface area contributed by atoms with E-state index >= 15 is 0 Å². The smallest absolute Gasteiger partial charge is 0.109 e. The van der Waals surface area contributed by atoms with Gasteiger partial charge in [0.15, 0.2) is 0 Å². The summed E-state index contributed by atoms with van der Waals surface area (Å²) in [5.41, 5.74) is 8.71. The predicted octanol–water partition coefficient (Wildman–Crippen LogP) is 2.27. The van der Waals surface area contributed by atoms with Crippen LogP contribution in [0, 0.1) is 13.8 Å². The maximum absolute atomic E-state index is 12.2. The first-order valence-electron chi connectivity index (χ1n) is 4.03. The normalized spacial score (nSPS) is 13.0. The molecule has 1 aromatic rings. The van der Waals surface area contributed by atoms with Gasteiger partial charge in [-0.25, -0.2) is 4.39 Å². The van der Waals surface area contributed by atoms with Crippen molar-refractivity contribution >= 4 is 0 Å². The lowest BCUT2D eigenvalue weighted by molar-refractivity contribution is 0.437. The molecule has 0 spiro atoms. The Morgan fingerprint density at radius 1 is 1.25 bits per heavy atom. The van der Waals surface area contributed by atoms with Gasteiger partial charge in [0.2, 0.25) is 0 Å². The number of rotatable bonds is 2. The molecule has 2 N–H and O–H groups in total.